The third-order valence-electron chi connectivity index (χ3n) is 5.75. The Bertz CT molecular complexity index is 1110. The van der Waals surface area contributed by atoms with Gasteiger partial charge in [-0.2, -0.15) is 13.2 Å². The van der Waals surface area contributed by atoms with Crippen molar-refractivity contribution in [3.63, 3.8) is 0 Å². The molecular formula is C23H24F3N3O2S. The third-order valence-corrected chi connectivity index (χ3v) is 6.80. The molecule has 0 N–H and O–H groups in total. The number of morpholine rings is 1. The van der Waals surface area contributed by atoms with Crippen LogP contribution in [0, 0.1) is 13.8 Å². The molecule has 0 spiro atoms. The molecule has 2 aromatic carbocycles. The molecule has 9 heteroatoms. The molecule has 0 unspecified atom stereocenters. The first-order chi connectivity index (χ1) is 15.2. The quantitative estimate of drug-likeness (QED) is 0.539. The predicted molar refractivity (Wildman–Crippen MR) is 119 cm³/mol. The lowest BCUT2D eigenvalue weighted by Crippen LogP contribution is -2.43. The maximum absolute atomic E-state index is 13.4. The van der Waals surface area contributed by atoms with Gasteiger partial charge in [-0.3, -0.25) is 14.6 Å². The Kier molecular flexibility index (Phi) is 6.50. The number of carbonyl (C=O) groups is 1. The molecule has 0 saturated carbocycles. The highest BCUT2D eigenvalue weighted by Crippen LogP contribution is 2.33. The van der Waals surface area contributed by atoms with Crippen molar-refractivity contribution in [2.45, 2.75) is 20.0 Å². The van der Waals surface area contributed by atoms with E-state index in [0.717, 1.165) is 46.6 Å². The number of aromatic nitrogens is 1. The third kappa shape index (κ3) is 4.79. The Balaban J connectivity index is 1.65. The van der Waals surface area contributed by atoms with Gasteiger partial charge in [-0.05, 0) is 55.3 Å². The summed E-state index contributed by atoms with van der Waals surface area (Å²) in [4.78, 5) is 21.9. The van der Waals surface area contributed by atoms with Gasteiger partial charge in [0.2, 0.25) is 0 Å². The van der Waals surface area contributed by atoms with Crippen molar-refractivity contribution in [1.29, 1.82) is 0 Å². The topological polar surface area (TPSA) is 45.7 Å². The first kappa shape index (κ1) is 22.7. The van der Waals surface area contributed by atoms with Crippen LogP contribution in [0.25, 0.3) is 10.2 Å². The minimum atomic E-state index is -4.44. The van der Waals surface area contributed by atoms with Gasteiger partial charge in [0.1, 0.15) is 0 Å². The number of aryl methyl sites for hydroxylation is 2. The van der Waals surface area contributed by atoms with Crippen molar-refractivity contribution in [1.82, 2.24) is 9.88 Å². The molecule has 170 valence electrons. The van der Waals surface area contributed by atoms with E-state index in [4.69, 9.17) is 9.72 Å². The highest BCUT2D eigenvalue weighted by Gasteiger charge is 2.31. The second-order valence-electron chi connectivity index (χ2n) is 7.84. The van der Waals surface area contributed by atoms with E-state index in [9.17, 15) is 18.0 Å². The molecule has 4 rings (SSSR count). The van der Waals surface area contributed by atoms with Crippen LogP contribution in [-0.4, -0.2) is 55.2 Å². The minimum Gasteiger partial charge on any atom is -0.379 e. The molecule has 1 aromatic heterocycles. The number of nitrogens with zero attached hydrogens (tertiary/aromatic N) is 3. The lowest BCUT2D eigenvalue weighted by molar-refractivity contribution is -0.137. The zero-order valence-corrected chi connectivity index (χ0v) is 18.7. The average molecular weight is 464 g/mol. The monoisotopic (exact) mass is 463 g/mol. The summed E-state index contributed by atoms with van der Waals surface area (Å²) in [5.74, 6) is -0.361. The number of anilines is 1. The fourth-order valence-electron chi connectivity index (χ4n) is 3.64. The maximum atomic E-state index is 13.4. The lowest BCUT2D eigenvalue weighted by Gasteiger charge is -2.29. The fraction of sp³-hybridized carbons (Fsp3) is 0.391. The van der Waals surface area contributed by atoms with Crippen molar-refractivity contribution in [2.75, 3.05) is 44.3 Å². The summed E-state index contributed by atoms with van der Waals surface area (Å²) >= 11 is 1.42. The fourth-order valence-corrected chi connectivity index (χ4v) is 4.69. The summed E-state index contributed by atoms with van der Waals surface area (Å²) in [5, 5.41) is 0.548. The number of ether oxygens (including phenoxy) is 1. The molecule has 3 aromatic rings. The van der Waals surface area contributed by atoms with Crippen LogP contribution >= 0.6 is 11.3 Å². The highest BCUT2D eigenvalue weighted by atomic mass is 32.1. The van der Waals surface area contributed by atoms with Crippen LogP contribution in [0.5, 0.6) is 0 Å². The van der Waals surface area contributed by atoms with Crippen LogP contribution in [0.2, 0.25) is 0 Å². The van der Waals surface area contributed by atoms with Gasteiger partial charge in [-0.1, -0.05) is 17.4 Å². The molecule has 32 heavy (non-hydrogen) atoms. The Hall–Kier alpha value is -2.49. The number of thiazole rings is 1. The molecular weight excluding hydrogens is 439 g/mol. The van der Waals surface area contributed by atoms with Gasteiger partial charge in [0.25, 0.3) is 5.91 Å². The zero-order chi connectivity index (χ0) is 22.9. The molecule has 0 aliphatic carbocycles. The normalized spacial score (nSPS) is 15.3. The van der Waals surface area contributed by atoms with Crippen LogP contribution in [0.4, 0.5) is 18.3 Å². The molecule has 0 radical (unpaired) electrons. The lowest BCUT2D eigenvalue weighted by atomic mass is 10.1. The Labute approximate surface area is 188 Å². The second-order valence-corrected chi connectivity index (χ2v) is 8.85. The van der Waals surface area contributed by atoms with E-state index in [1.54, 1.807) is 4.90 Å². The van der Waals surface area contributed by atoms with E-state index in [1.165, 1.54) is 23.5 Å². The number of alkyl halides is 3. The van der Waals surface area contributed by atoms with Crippen LogP contribution < -0.4 is 4.90 Å². The number of amides is 1. The number of carbonyl (C=O) groups excluding carboxylic acids is 1. The summed E-state index contributed by atoms with van der Waals surface area (Å²) in [7, 11) is 0. The van der Waals surface area contributed by atoms with Gasteiger partial charge in [-0.15, -0.1) is 0 Å². The Morgan fingerprint density at radius 3 is 2.47 bits per heavy atom. The van der Waals surface area contributed by atoms with Crippen molar-refractivity contribution in [3.8, 4) is 0 Å². The zero-order valence-electron chi connectivity index (χ0n) is 17.9. The molecule has 1 aliphatic rings. The van der Waals surface area contributed by atoms with Gasteiger partial charge in [-0.25, -0.2) is 4.98 Å². The molecule has 1 fully saturated rings. The first-order valence-corrected chi connectivity index (χ1v) is 11.2. The number of hydrogen-bond donors (Lipinski definition) is 0. The van der Waals surface area contributed by atoms with E-state index in [-0.39, 0.29) is 11.5 Å². The highest BCUT2D eigenvalue weighted by molar-refractivity contribution is 7.22. The van der Waals surface area contributed by atoms with E-state index < -0.39 is 11.7 Å². The number of benzene rings is 2. The second kappa shape index (κ2) is 9.17. The van der Waals surface area contributed by atoms with Crippen LogP contribution in [0.15, 0.2) is 36.4 Å². The van der Waals surface area contributed by atoms with Crippen molar-refractivity contribution in [3.05, 3.63) is 58.7 Å². The number of fused-ring (bicyclic) bond motifs is 1. The molecule has 1 amide bonds. The molecule has 5 nitrogen and oxygen atoms in total. The molecule has 2 heterocycles. The predicted octanol–water partition coefficient (Wildman–Crippen LogP) is 4.91. The van der Waals surface area contributed by atoms with Crippen LogP contribution in [-0.2, 0) is 10.9 Å². The van der Waals surface area contributed by atoms with Crippen LogP contribution in [0.3, 0.4) is 0 Å². The smallest absolute Gasteiger partial charge is 0.379 e. The van der Waals surface area contributed by atoms with Crippen molar-refractivity contribution >= 4 is 32.6 Å². The van der Waals surface area contributed by atoms with Gasteiger partial charge in [0.15, 0.2) is 5.13 Å². The largest absolute Gasteiger partial charge is 0.416 e. The summed E-state index contributed by atoms with van der Waals surface area (Å²) < 4.78 is 45.2. The molecule has 0 bridgehead atoms. The first-order valence-electron chi connectivity index (χ1n) is 10.4. The summed E-state index contributed by atoms with van der Waals surface area (Å²) in [5.41, 5.74) is 2.44. The summed E-state index contributed by atoms with van der Waals surface area (Å²) in [6.07, 6.45) is -4.44. The number of halogens is 3. The number of hydrogen-bond acceptors (Lipinski definition) is 5. The summed E-state index contributed by atoms with van der Waals surface area (Å²) in [6, 6.07) is 8.36. The van der Waals surface area contributed by atoms with Gasteiger partial charge < -0.3 is 4.74 Å². The van der Waals surface area contributed by atoms with Gasteiger partial charge in [0.05, 0.1) is 29.0 Å². The van der Waals surface area contributed by atoms with E-state index in [1.807, 2.05) is 26.0 Å². The van der Waals surface area contributed by atoms with Crippen molar-refractivity contribution < 1.29 is 22.7 Å². The van der Waals surface area contributed by atoms with Crippen LogP contribution in [0.1, 0.15) is 27.0 Å². The van der Waals surface area contributed by atoms with E-state index >= 15 is 0 Å². The molecule has 0 atom stereocenters. The van der Waals surface area contributed by atoms with E-state index in [0.29, 0.717) is 31.4 Å². The maximum Gasteiger partial charge on any atom is 0.416 e. The van der Waals surface area contributed by atoms with Gasteiger partial charge in [0, 0.05) is 31.7 Å². The molecule has 1 aliphatic heterocycles. The Morgan fingerprint density at radius 2 is 1.81 bits per heavy atom. The van der Waals surface area contributed by atoms with Gasteiger partial charge >= 0.3 is 6.18 Å². The minimum absolute atomic E-state index is 0.201. The average Bonchev–Trinajstić information content (AvgIpc) is 3.21. The Morgan fingerprint density at radius 1 is 1.12 bits per heavy atom. The number of rotatable bonds is 5. The van der Waals surface area contributed by atoms with Crippen molar-refractivity contribution in [2.24, 2.45) is 0 Å². The standard InChI is InChI=1S/C23H24F3N3O2S/c1-15-3-8-19-20(16(15)2)27-22(32-19)29(10-9-28-11-13-31-14-12-28)21(30)17-4-6-18(7-5-17)23(24,25)26/h3-8H,9-14H2,1-2H3. The van der Waals surface area contributed by atoms with E-state index in [2.05, 4.69) is 4.90 Å². The summed E-state index contributed by atoms with van der Waals surface area (Å²) in [6.45, 7) is 7.87. The molecule has 1 saturated heterocycles. The SMILES string of the molecule is Cc1ccc2sc(N(CCN3CCOCC3)C(=O)c3ccc(C(F)(F)F)cc3)nc2c1C.